The van der Waals surface area contributed by atoms with Crippen LogP contribution in [-0.2, 0) is 14.8 Å². The summed E-state index contributed by atoms with van der Waals surface area (Å²) in [6.07, 6.45) is 8.79. The van der Waals surface area contributed by atoms with E-state index in [1.807, 2.05) is 0 Å². The summed E-state index contributed by atoms with van der Waals surface area (Å²) >= 11 is 0. The summed E-state index contributed by atoms with van der Waals surface area (Å²) in [5, 5.41) is 3.08. The van der Waals surface area contributed by atoms with E-state index in [0.717, 1.165) is 25.7 Å². The average molecular weight is 331 g/mol. The fourth-order valence-corrected chi connectivity index (χ4v) is 4.58. The number of hydrogen-bond donors (Lipinski definition) is 2. The quantitative estimate of drug-likeness (QED) is 0.780. The average Bonchev–Trinajstić information content (AvgIpc) is 2.47. The zero-order valence-electron chi connectivity index (χ0n) is 13.5. The maximum atomic E-state index is 12.3. The fourth-order valence-electron chi connectivity index (χ4n) is 3.71. The van der Waals surface area contributed by atoms with Crippen molar-refractivity contribution in [3.8, 4) is 0 Å². The molecule has 0 aromatic rings. The van der Waals surface area contributed by atoms with Gasteiger partial charge in [0.2, 0.25) is 15.9 Å². The molecule has 7 heteroatoms. The van der Waals surface area contributed by atoms with Gasteiger partial charge in [0.25, 0.3) is 0 Å². The van der Waals surface area contributed by atoms with Crippen molar-refractivity contribution >= 4 is 15.9 Å². The molecule has 1 amide bonds. The summed E-state index contributed by atoms with van der Waals surface area (Å²) < 4.78 is 24.5. The number of nitrogens with zero attached hydrogens (tertiary/aromatic N) is 1. The molecule has 1 saturated heterocycles. The van der Waals surface area contributed by atoms with Crippen LogP contribution in [-0.4, -0.2) is 50.6 Å². The monoisotopic (exact) mass is 331 g/mol. The third-order valence-electron chi connectivity index (χ3n) is 5.17. The molecular formula is C15H29N3O3S. The van der Waals surface area contributed by atoms with E-state index in [2.05, 4.69) is 5.32 Å². The van der Waals surface area contributed by atoms with Gasteiger partial charge in [0.15, 0.2) is 0 Å². The molecule has 2 rings (SSSR count). The highest BCUT2D eigenvalue weighted by Crippen LogP contribution is 2.38. The summed E-state index contributed by atoms with van der Waals surface area (Å²) in [5.74, 6) is 0.0742. The van der Waals surface area contributed by atoms with Crippen LogP contribution in [0.25, 0.3) is 0 Å². The van der Waals surface area contributed by atoms with E-state index in [9.17, 15) is 13.2 Å². The molecule has 0 spiro atoms. The molecule has 0 aromatic heterocycles. The first-order valence-corrected chi connectivity index (χ1v) is 10.1. The molecule has 2 fully saturated rings. The van der Waals surface area contributed by atoms with E-state index >= 15 is 0 Å². The number of sulfonamides is 1. The molecule has 128 valence electrons. The molecule has 1 aliphatic heterocycles. The Hall–Kier alpha value is -0.660. The van der Waals surface area contributed by atoms with Crippen LogP contribution in [0.4, 0.5) is 0 Å². The van der Waals surface area contributed by atoms with Crippen LogP contribution >= 0.6 is 0 Å². The Kier molecular flexibility index (Phi) is 5.85. The molecule has 0 aromatic carbocycles. The van der Waals surface area contributed by atoms with Crippen molar-refractivity contribution in [2.45, 2.75) is 57.4 Å². The Balaban J connectivity index is 1.80. The second kappa shape index (κ2) is 7.27. The molecule has 6 nitrogen and oxygen atoms in total. The van der Waals surface area contributed by atoms with Gasteiger partial charge in [0, 0.05) is 25.6 Å². The van der Waals surface area contributed by atoms with E-state index < -0.39 is 10.0 Å². The van der Waals surface area contributed by atoms with Crippen molar-refractivity contribution in [2.75, 3.05) is 25.9 Å². The lowest BCUT2D eigenvalue weighted by Crippen LogP contribution is -2.47. The van der Waals surface area contributed by atoms with Crippen LogP contribution in [0.3, 0.4) is 0 Å². The molecule has 1 aliphatic carbocycles. The zero-order chi connectivity index (χ0) is 16.2. The van der Waals surface area contributed by atoms with Gasteiger partial charge < -0.3 is 11.1 Å². The number of carbonyl (C=O) groups excluding carboxylic acids is 1. The van der Waals surface area contributed by atoms with Gasteiger partial charge in [-0.15, -0.1) is 0 Å². The number of nitrogens with one attached hydrogen (secondary N) is 1. The third kappa shape index (κ3) is 4.67. The molecule has 22 heavy (non-hydrogen) atoms. The zero-order valence-corrected chi connectivity index (χ0v) is 14.3. The van der Waals surface area contributed by atoms with Gasteiger partial charge in [-0.1, -0.05) is 19.3 Å². The summed E-state index contributed by atoms with van der Waals surface area (Å²) in [6.45, 7) is 1.56. The predicted molar refractivity (Wildman–Crippen MR) is 86.8 cm³/mol. The molecule has 0 unspecified atom stereocenters. The molecule has 0 radical (unpaired) electrons. The Morgan fingerprint density at radius 2 is 1.82 bits per heavy atom. The number of piperidine rings is 1. The van der Waals surface area contributed by atoms with Gasteiger partial charge in [-0.25, -0.2) is 12.7 Å². The largest absolute Gasteiger partial charge is 0.353 e. The Labute approximate surface area is 133 Å². The normalized spacial score (nSPS) is 24.1. The Morgan fingerprint density at radius 1 is 1.23 bits per heavy atom. The van der Waals surface area contributed by atoms with Crippen LogP contribution in [0.2, 0.25) is 0 Å². The molecule has 0 bridgehead atoms. The number of carbonyl (C=O) groups is 1. The van der Waals surface area contributed by atoms with Gasteiger partial charge in [-0.05, 0) is 37.6 Å². The topological polar surface area (TPSA) is 92.5 Å². The van der Waals surface area contributed by atoms with Crippen LogP contribution in [0.5, 0.6) is 0 Å². The lowest BCUT2D eigenvalue weighted by molar-refractivity contribution is -0.124. The standard InChI is InChI=1S/C15H29N3O3S/c1-22(20,21)18-9-5-13(6-10-18)17-14(19)11-15(12-16)7-3-2-4-8-15/h13H,2-12,16H2,1H3,(H,17,19). The SMILES string of the molecule is CS(=O)(=O)N1CCC(NC(=O)CC2(CN)CCCCC2)CC1. The summed E-state index contributed by atoms with van der Waals surface area (Å²) in [6, 6.07) is 0.0870. The molecule has 3 N–H and O–H groups in total. The highest BCUT2D eigenvalue weighted by atomic mass is 32.2. The van der Waals surface area contributed by atoms with E-state index in [-0.39, 0.29) is 17.4 Å². The Morgan fingerprint density at radius 3 is 2.32 bits per heavy atom. The minimum Gasteiger partial charge on any atom is -0.353 e. The summed E-state index contributed by atoms with van der Waals surface area (Å²) in [5.41, 5.74) is 5.91. The van der Waals surface area contributed by atoms with E-state index in [1.54, 1.807) is 0 Å². The molecule has 2 aliphatic rings. The first kappa shape index (κ1) is 17.7. The van der Waals surface area contributed by atoms with Crippen LogP contribution in [0.1, 0.15) is 51.4 Å². The number of rotatable bonds is 5. The van der Waals surface area contributed by atoms with E-state index in [4.69, 9.17) is 5.73 Å². The maximum absolute atomic E-state index is 12.3. The van der Waals surface area contributed by atoms with Crippen molar-refractivity contribution in [1.82, 2.24) is 9.62 Å². The first-order chi connectivity index (χ1) is 10.3. The first-order valence-electron chi connectivity index (χ1n) is 8.29. The summed E-state index contributed by atoms with van der Waals surface area (Å²) in [7, 11) is -3.11. The summed E-state index contributed by atoms with van der Waals surface area (Å²) in [4.78, 5) is 12.3. The smallest absolute Gasteiger partial charge is 0.220 e. The van der Waals surface area contributed by atoms with Crippen LogP contribution < -0.4 is 11.1 Å². The second-order valence-electron chi connectivity index (χ2n) is 6.95. The van der Waals surface area contributed by atoms with Crippen molar-refractivity contribution in [1.29, 1.82) is 0 Å². The molecule has 1 saturated carbocycles. The molecule has 1 heterocycles. The van der Waals surface area contributed by atoms with E-state index in [1.165, 1.54) is 17.0 Å². The van der Waals surface area contributed by atoms with Crippen molar-refractivity contribution in [2.24, 2.45) is 11.1 Å². The fraction of sp³-hybridized carbons (Fsp3) is 0.933. The van der Waals surface area contributed by atoms with Crippen molar-refractivity contribution < 1.29 is 13.2 Å². The highest BCUT2D eigenvalue weighted by Gasteiger charge is 2.34. The van der Waals surface area contributed by atoms with E-state index in [0.29, 0.717) is 38.9 Å². The van der Waals surface area contributed by atoms with Crippen molar-refractivity contribution in [3.63, 3.8) is 0 Å². The van der Waals surface area contributed by atoms with Gasteiger partial charge >= 0.3 is 0 Å². The van der Waals surface area contributed by atoms with Gasteiger partial charge in [0.1, 0.15) is 0 Å². The lowest BCUT2D eigenvalue weighted by atomic mass is 9.71. The third-order valence-corrected chi connectivity index (χ3v) is 6.47. The number of nitrogens with two attached hydrogens (primary N) is 1. The number of amides is 1. The lowest BCUT2D eigenvalue weighted by Gasteiger charge is -2.36. The molecule has 0 atom stereocenters. The maximum Gasteiger partial charge on any atom is 0.220 e. The van der Waals surface area contributed by atoms with Crippen LogP contribution in [0.15, 0.2) is 0 Å². The second-order valence-corrected chi connectivity index (χ2v) is 8.93. The van der Waals surface area contributed by atoms with Crippen molar-refractivity contribution in [3.05, 3.63) is 0 Å². The van der Waals surface area contributed by atoms with Gasteiger partial charge in [-0.3, -0.25) is 4.79 Å². The number of hydrogen-bond acceptors (Lipinski definition) is 4. The van der Waals surface area contributed by atoms with Gasteiger partial charge in [0.05, 0.1) is 6.26 Å². The highest BCUT2D eigenvalue weighted by molar-refractivity contribution is 7.88. The Bertz CT molecular complexity index is 478. The van der Waals surface area contributed by atoms with Gasteiger partial charge in [-0.2, -0.15) is 0 Å². The van der Waals surface area contributed by atoms with Crippen LogP contribution in [0, 0.1) is 5.41 Å². The minimum atomic E-state index is -3.11. The molecular weight excluding hydrogens is 302 g/mol. The minimum absolute atomic E-state index is 0.0181. The predicted octanol–water partition coefficient (Wildman–Crippen LogP) is 0.826.